The van der Waals surface area contributed by atoms with Gasteiger partial charge >= 0.3 is 5.97 Å². The van der Waals surface area contributed by atoms with Gasteiger partial charge in [-0.25, -0.2) is 4.79 Å². The van der Waals surface area contributed by atoms with Crippen LogP contribution >= 0.6 is 0 Å². The molecule has 5 nitrogen and oxygen atoms in total. The molecule has 1 atom stereocenters. The lowest BCUT2D eigenvalue weighted by Gasteiger charge is -2.32. The molecule has 154 valence electrons. The molecule has 29 heavy (non-hydrogen) atoms. The summed E-state index contributed by atoms with van der Waals surface area (Å²) in [5.74, 6) is 0.210. The number of hydrogen-bond donors (Lipinski definition) is 0. The number of nitrogens with zero attached hydrogens (tertiary/aromatic N) is 1. The van der Waals surface area contributed by atoms with Gasteiger partial charge in [-0.05, 0) is 42.9 Å². The zero-order valence-electron chi connectivity index (χ0n) is 16.7. The Morgan fingerprint density at radius 3 is 2.38 bits per heavy atom. The summed E-state index contributed by atoms with van der Waals surface area (Å²) in [4.78, 5) is 27.1. The SMILES string of the molecule is CC[S@@](=O)c1ccccc1C(=O)OCC(=O)N1CCC(Cc2ccccc2)CC1. The van der Waals surface area contributed by atoms with E-state index in [-0.39, 0.29) is 18.1 Å². The van der Waals surface area contributed by atoms with Crippen LogP contribution in [-0.4, -0.2) is 46.4 Å². The molecule has 0 N–H and O–H groups in total. The second-order valence-corrected chi connectivity index (χ2v) is 8.93. The van der Waals surface area contributed by atoms with Crippen LogP contribution in [0.25, 0.3) is 0 Å². The molecule has 0 aliphatic carbocycles. The minimum Gasteiger partial charge on any atom is -0.452 e. The molecule has 1 aliphatic heterocycles. The Morgan fingerprint density at radius 1 is 1.03 bits per heavy atom. The van der Waals surface area contributed by atoms with Crippen LogP contribution in [-0.2, 0) is 26.8 Å². The van der Waals surface area contributed by atoms with E-state index in [9.17, 15) is 13.8 Å². The first-order valence-electron chi connectivity index (χ1n) is 10.0. The topological polar surface area (TPSA) is 63.7 Å². The van der Waals surface area contributed by atoms with Crippen molar-refractivity contribution in [1.29, 1.82) is 0 Å². The van der Waals surface area contributed by atoms with Crippen molar-refractivity contribution in [3.8, 4) is 0 Å². The molecule has 3 rings (SSSR count). The first-order chi connectivity index (χ1) is 14.1. The van der Waals surface area contributed by atoms with Gasteiger partial charge in [-0.3, -0.25) is 9.00 Å². The Kier molecular flexibility index (Phi) is 7.58. The Bertz CT molecular complexity index is 860. The smallest absolute Gasteiger partial charge is 0.339 e. The standard InChI is InChI=1S/C23H27NO4S/c1-2-29(27)21-11-7-6-10-20(21)23(26)28-17-22(25)24-14-12-19(13-15-24)16-18-8-4-3-5-9-18/h3-11,19H,2,12-17H2,1H3/t29-/m1/s1. The second kappa shape index (κ2) is 10.3. The predicted octanol–water partition coefficient (Wildman–Crippen LogP) is 3.45. The molecule has 2 aromatic rings. The van der Waals surface area contributed by atoms with Crippen molar-refractivity contribution in [3.05, 3.63) is 65.7 Å². The molecule has 0 spiro atoms. The molecule has 1 saturated heterocycles. The predicted molar refractivity (Wildman–Crippen MR) is 113 cm³/mol. The quantitative estimate of drug-likeness (QED) is 0.652. The van der Waals surface area contributed by atoms with Crippen LogP contribution in [0.4, 0.5) is 0 Å². The zero-order chi connectivity index (χ0) is 20.6. The lowest BCUT2D eigenvalue weighted by molar-refractivity contribution is -0.135. The van der Waals surface area contributed by atoms with Gasteiger partial charge in [0, 0.05) is 18.8 Å². The van der Waals surface area contributed by atoms with Gasteiger partial charge < -0.3 is 9.64 Å². The van der Waals surface area contributed by atoms with Crippen molar-refractivity contribution in [2.45, 2.75) is 31.1 Å². The van der Waals surface area contributed by atoms with Crippen molar-refractivity contribution in [1.82, 2.24) is 4.90 Å². The van der Waals surface area contributed by atoms with Gasteiger partial charge in [-0.1, -0.05) is 49.4 Å². The normalized spacial score (nSPS) is 15.7. The molecule has 1 fully saturated rings. The first kappa shape index (κ1) is 21.2. The lowest BCUT2D eigenvalue weighted by atomic mass is 9.90. The molecule has 0 radical (unpaired) electrons. The minimum atomic E-state index is -1.26. The summed E-state index contributed by atoms with van der Waals surface area (Å²) in [6.45, 7) is 2.88. The number of benzene rings is 2. The summed E-state index contributed by atoms with van der Waals surface area (Å²) in [6.07, 6.45) is 2.93. The molecule has 2 aromatic carbocycles. The van der Waals surface area contributed by atoms with Gasteiger partial charge in [-0.15, -0.1) is 0 Å². The van der Waals surface area contributed by atoms with Crippen LogP contribution in [0.2, 0.25) is 0 Å². The van der Waals surface area contributed by atoms with E-state index in [0.717, 1.165) is 19.3 Å². The van der Waals surface area contributed by atoms with Crippen LogP contribution in [0, 0.1) is 5.92 Å². The summed E-state index contributed by atoms with van der Waals surface area (Å²) in [5.41, 5.74) is 1.59. The van der Waals surface area contributed by atoms with Crippen LogP contribution in [0.5, 0.6) is 0 Å². The van der Waals surface area contributed by atoms with Gasteiger partial charge in [0.05, 0.1) is 21.3 Å². The summed E-state index contributed by atoms with van der Waals surface area (Å²) in [6, 6.07) is 17.1. The molecule has 1 amide bonds. The van der Waals surface area contributed by atoms with Crippen molar-refractivity contribution < 1.29 is 18.5 Å². The molecule has 1 heterocycles. The van der Waals surface area contributed by atoms with E-state index in [1.807, 2.05) is 6.07 Å². The van der Waals surface area contributed by atoms with E-state index in [1.54, 1.807) is 36.1 Å². The summed E-state index contributed by atoms with van der Waals surface area (Å²) in [7, 11) is -1.26. The number of rotatable bonds is 7. The van der Waals surface area contributed by atoms with E-state index in [2.05, 4.69) is 24.3 Å². The monoisotopic (exact) mass is 413 g/mol. The van der Waals surface area contributed by atoms with Crippen LogP contribution in [0.1, 0.15) is 35.7 Å². The zero-order valence-corrected chi connectivity index (χ0v) is 17.5. The third kappa shape index (κ3) is 5.76. The van der Waals surface area contributed by atoms with Crippen molar-refractivity contribution in [2.24, 2.45) is 5.92 Å². The van der Waals surface area contributed by atoms with Crippen LogP contribution in [0.15, 0.2) is 59.5 Å². The van der Waals surface area contributed by atoms with Gasteiger partial charge in [-0.2, -0.15) is 0 Å². The van der Waals surface area contributed by atoms with E-state index in [1.165, 1.54) is 5.56 Å². The second-order valence-electron chi connectivity index (χ2n) is 7.22. The van der Waals surface area contributed by atoms with E-state index >= 15 is 0 Å². The Morgan fingerprint density at radius 2 is 1.69 bits per heavy atom. The van der Waals surface area contributed by atoms with E-state index < -0.39 is 16.8 Å². The van der Waals surface area contributed by atoms with Crippen LogP contribution < -0.4 is 0 Å². The summed E-state index contributed by atoms with van der Waals surface area (Å²) in [5, 5.41) is 0. The van der Waals surface area contributed by atoms with Crippen molar-refractivity contribution in [3.63, 3.8) is 0 Å². The molecule has 6 heteroatoms. The van der Waals surface area contributed by atoms with Gasteiger partial charge in [0.15, 0.2) is 6.61 Å². The Hall–Kier alpha value is -2.47. The number of ether oxygens (including phenoxy) is 1. The fourth-order valence-electron chi connectivity index (χ4n) is 3.62. The highest BCUT2D eigenvalue weighted by Gasteiger charge is 2.24. The maximum absolute atomic E-state index is 12.5. The third-order valence-corrected chi connectivity index (χ3v) is 6.65. The highest BCUT2D eigenvalue weighted by atomic mass is 32.2. The third-order valence-electron chi connectivity index (χ3n) is 5.28. The average Bonchev–Trinajstić information content (AvgIpc) is 2.78. The first-order valence-corrected chi connectivity index (χ1v) is 11.4. The Balaban J connectivity index is 1.48. The molecule has 0 aromatic heterocycles. The van der Waals surface area contributed by atoms with E-state index in [0.29, 0.717) is 29.7 Å². The van der Waals surface area contributed by atoms with Gasteiger partial charge in [0.2, 0.25) is 0 Å². The molecule has 0 saturated carbocycles. The molecule has 0 unspecified atom stereocenters. The van der Waals surface area contributed by atoms with Gasteiger partial charge in [0.1, 0.15) is 0 Å². The largest absolute Gasteiger partial charge is 0.452 e. The number of hydrogen-bond acceptors (Lipinski definition) is 4. The fourth-order valence-corrected chi connectivity index (χ4v) is 4.56. The Labute approximate surface area is 174 Å². The summed E-state index contributed by atoms with van der Waals surface area (Å²) >= 11 is 0. The van der Waals surface area contributed by atoms with Crippen molar-refractivity contribution >= 4 is 22.7 Å². The van der Waals surface area contributed by atoms with Crippen molar-refractivity contribution in [2.75, 3.05) is 25.4 Å². The maximum atomic E-state index is 12.5. The number of carbonyl (C=O) groups is 2. The summed E-state index contributed by atoms with van der Waals surface area (Å²) < 4.78 is 17.4. The number of likely N-dealkylation sites (tertiary alicyclic amines) is 1. The minimum absolute atomic E-state index is 0.175. The lowest BCUT2D eigenvalue weighted by Crippen LogP contribution is -2.41. The number of piperidine rings is 1. The van der Waals surface area contributed by atoms with Crippen LogP contribution in [0.3, 0.4) is 0 Å². The fraction of sp³-hybridized carbons (Fsp3) is 0.391. The molecular weight excluding hydrogens is 386 g/mol. The number of carbonyl (C=O) groups excluding carboxylic acids is 2. The molecule has 0 bridgehead atoms. The molecule has 1 aliphatic rings. The maximum Gasteiger partial charge on any atom is 0.339 e. The van der Waals surface area contributed by atoms with E-state index in [4.69, 9.17) is 4.74 Å². The highest BCUT2D eigenvalue weighted by Crippen LogP contribution is 2.22. The number of esters is 1. The number of amides is 1. The van der Waals surface area contributed by atoms with Gasteiger partial charge in [0.25, 0.3) is 5.91 Å². The molecular formula is C23H27NO4S. The highest BCUT2D eigenvalue weighted by molar-refractivity contribution is 7.85. The average molecular weight is 414 g/mol.